The quantitative estimate of drug-likeness (QED) is 0.622. The molecular weight excluding hydrogens is 295 g/mol. The van der Waals surface area contributed by atoms with Gasteiger partial charge < -0.3 is 4.90 Å². The van der Waals surface area contributed by atoms with E-state index in [0.717, 1.165) is 0 Å². The first kappa shape index (κ1) is 14.8. The second kappa shape index (κ2) is 5.44. The van der Waals surface area contributed by atoms with Crippen LogP contribution in [-0.2, 0) is 11.2 Å². The van der Waals surface area contributed by atoms with Crippen molar-refractivity contribution in [3.63, 3.8) is 0 Å². The Morgan fingerprint density at radius 3 is 2.60 bits per heavy atom. The van der Waals surface area contributed by atoms with E-state index in [1.165, 1.54) is 18.2 Å². The number of carbonyl (C=O) groups is 2. The number of benzene rings is 1. The summed E-state index contributed by atoms with van der Waals surface area (Å²) in [5.41, 5.74) is 1.12. The van der Waals surface area contributed by atoms with Gasteiger partial charge in [-0.15, -0.1) is 11.6 Å². The second-order valence-corrected chi connectivity index (χ2v) is 4.73. The molecule has 0 saturated heterocycles. The Bertz CT molecular complexity index is 557. The molecule has 1 aromatic rings. The molecule has 0 unspecified atom stereocenters. The lowest BCUT2D eigenvalue weighted by molar-refractivity contribution is -0.170. The van der Waals surface area contributed by atoms with E-state index in [1.807, 2.05) is 0 Å². The van der Waals surface area contributed by atoms with Gasteiger partial charge in [-0.25, -0.2) is 0 Å². The zero-order chi connectivity index (χ0) is 14.9. The number of alkyl halides is 4. The normalized spacial score (nSPS) is 14.9. The first-order valence-corrected chi connectivity index (χ1v) is 6.49. The molecule has 0 aromatic heterocycles. The number of amides is 1. The average Bonchev–Trinajstić information content (AvgIpc) is 2.43. The van der Waals surface area contributed by atoms with Gasteiger partial charge >= 0.3 is 12.1 Å². The van der Waals surface area contributed by atoms with Crippen LogP contribution in [0.25, 0.3) is 0 Å². The summed E-state index contributed by atoms with van der Waals surface area (Å²) in [6.45, 7) is 0.0220. The molecule has 1 aliphatic rings. The third kappa shape index (κ3) is 2.80. The second-order valence-electron chi connectivity index (χ2n) is 4.46. The molecule has 0 fully saturated rings. The Labute approximate surface area is 118 Å². The molecule has 0 N–H and O–H groups in total. The van der Waals surface area contributed by atoms with Crippen LogP contribution in [0.2, 0.25) is 0 Å². The Morgan fingerprint density at radius 2 is 2.00 bits per heavy atom. The summed E-state index contributed by atoms with van der Waals surface area (Å²) in [5, 5.41) is 0. The third-order valence-electron chi connectivity index (χ3n) is 3.13. The minimum atomic E-state index is -4.90. The fourth-order valence-corrected chi connectivity index (χ4v) is 2.37. The number of ketones is 1. The topological polar surface area (TPSA) is 37.4 Å². The van der Waals surface area contributed by atoms with Gasteiger partial charge in [-0.3, -0.25) is 9.59 Å². The van der Waals surface area contributed by atoms with Gasteiger partial charge in [0.15, 0.2) is 5.78 Å². The average molecular weight is 306 g/mol. The lowest BCUT2D eigenvalue weighted by Gasteiger charge is -2.30. The highest BCUT2D eigenvalue weighted by molar-refractivity contribution is 6.30. The summed E-state index contributed by atoms with van der Waals surface area (Å²) in [6.07, 6.45) is -3.95. The number of hydrogen-bond acceptors (Lipinski definition) is 2. The highest BCUT2D eigenvalue weighted by atomic mass is 35.5. The van der Waals surface area contributed by atoms with Gasteiger partial charge in [-0.2, -0.15) is 13.2 Å². The van der Waals surface area contributed by atoms with Crippen molar-refractivity contribution in [1.82, 2.24) is 0 Å². The molecule has 108 valence electrons. The van der Waals surface area contributed by atoms with Gasteiger partial charge in [0.1, 0.15) is 0 Å². The molecule has 0 aliphatic carbocycles. The first-order valence-electron chi connectivity index (χ1n) is 5.95. The van der Waals surface area contributed by atoms with E-state index >= 15 is 0 Å². The van der Waals surface area contributed by atoms with E-state index in [-0.39, 0.29) is 23.9 Å². The number of fused-ring (bicyclic) bond motifs is 1. The van der Waals surface area contributed by atoms with Crippen LogP contribution in [0.4, 0.5) is 18.9 Å². The number of aryl methyl sites for hydroxylation is 1. The maximum atomic E-state index is 12.5. The van der Waals surface area contributed by atoms with Crippen molar-refractivity contribution in [2.45, 2.75) is 19.0 Å². The molecule has 1 aliphatic heterocycles. The number of rotatable bonds is 2. The summed E-state index contributed by atoms with van der Waals surface area (Å²) in [6, 6.07) is 4.28. The molecule has 0 spiro atoms. The number of Topliss-reactive ketones (excluding diaryl/α,β-unsaturated/α-hetero) is 1. The Morgan fingerprint density at radius 1 is 1.30 bits per heavy atom. The Kier molecular flexibility index (Phi) is 4.04. The van der Waals surface area contributed by atoms with Crippen molar-refractivity contribution in [3.05, 3.63) is 29.3 Å². The molecule has 0 saturated carbocycles. The van der Waals surface area contributed by atoms with Crippen LogP contribution in [0, 0.1) is 0 Å². The molecule has 0 radical (unpaired) electrons. The predicted octanol–water partition coefficient (Wildman–Crippen LogP) is 2.95. The zero-order valence-electron chi connectivity index (χ0n) is 10.3. The molecule has 1 amide bonds. The molecule has 1 aromatic carbocycles. The predicted molar refractivity (Wildman–Crippen MR) is 68.2 cm³/mol. The van der Waals surface area contributed by atoms with Crippen LogP contribution >= 0.6 is 11.6 Å². The monoisotopic (exact) mass is 305 g/mol. The number of halogens is 4. The van der Waals surface area contributed by atoms with Crippen molar-refractivity contribution in [2.75, 3.05) is 17.3 Å². The summed E-state index contributed by atoms with van der Waals surface area (Å²) in [4.78, 5) is 23.6. The highest BCUT2D eigenvalue weighted by Crippen LogP contribution is 2.31. The molecule has 1 heterocycles. The van der Waals surface area contributed by atoms with Gasteiger partial charge in [0.25, 0.3) is 0 Å². The lowest BCUT2D eigenvalue weighted by Crippen LogP contribution is -2.43. The van der Waals surface area contributed by atoms with Crippen LogP contribution < -0.4 is 4.90 Å². The first-order chi connectivity index (χ1) is 9.34. The fraction of sp³-hybridized carbons (Fsp3) is 0.385. The van der Waals surface area contributed by atoms with Crippen LogP contribution in [0.1, 0.15) is 22.3 Å². The Hall–Kier alpha value is -1.56. The van der Waals surface area contributed by atoms with E-state index in [1.54, 1.807) is 0 Å². The summed E-state index contributed by atoms with van der Waals surface area (Å²) in [7, 11) is 0. The molecule has 3 nitrogen and oxygen atoms in total. The van der Waals surface area contributed by atoms with Gasteiger partial charge in [-0.1, -0.05) is 0 Å². The zero-order valence-corrected chi connectivity index (χ0v) is 11.1. The third-order valence-corrected chi connectivity index (χ3v) is 3.37. The van der Waals surface area contributed by atoms with Crippen molar-refractivity contribution >= 4 is 29.0 Å². The van der Waals surface area contributed by atoms with Gasteiger partial charge in [0, 0.05) is 17.8 Å². The smallest absolute Gasteiger partial charge is 0.304 e. The Balaban J connectivity index is 2.38. The fourth-order valence-electron chi connectivity index (χ4n) is 2.21. The van der Waals surface area contributed by atoms with Gasteiger partial charge in [0.2, 0.25) is 0 Å². The largest absolute Gasteiger partial charge is 0.471 e. The molecule has 7 heteroatoms. The molecule has 20 heavy (non-hydrogen) atoms. The maximum absolute atomic E-state index is 12.5. The van der Waals surface area contributed by atoms with E-state index in [4.69, 9.17) is 11.6 Å². The van der Waals surface area contributed by atoms with Crippen molar-refractivity contribution in [2.24, 2.45) is 0 Å². The van der Waals surface area contributed by atoms with Gasteiger partial charge in [0.05, 0.1) is 5.88 Å². The van der Waals surface area contributed by atoms with Gasteiger partial charge in [-0.05, 0) is 36.6 Å². The van der Waals surface area contributed by atoms with E-state index in [2.05, 4.69) is 0 Å². The minimum absolute atomic E-state index is 0.0220. The minimum Gasteiger partial charge on any atom is -0.304 e. The van der Waals surface area contributed by atoms with Crippen LogP contribution in [-0.4, -0.2) is 30.3 Å². The number of hydrogen-bond donors (Lipinski definition) is 0. The molecular formula is C13H11ClF3NO2. The van der Waals surface area contributed by atoms with E-state index in [0.29, 0.717) is 28.9 Å². The van der Waals surface area contributed by atoms with Crippen LogP contribution in [0.5, 0.6) is 0 Å². The lowest BCUT2D eigenvalue weighted by atomic mass is 9.98. The van der Waals surface area contributed by atoms with Crippen LogP contribution in [0.15, 0.2) is 18.2 Å². The highest BCUT2D eigenvalue weighted by Gasteiger charge is 2.44. The van der Waals surface area contributed by atoms with E-state index < -0.39 is 12.1 Å². The molecule has 0 atom stereocenters. The van der Waals surface area contributed by atoms with E-state index in [9.17, 15) is 22.8 Å². The SMILES string of the molecule is O=C(CCl)c1ccc2c(c1)CCCN2C(=O)C(F)(F)F. The van der Waals surface area contributed by atoms with Crippen molar-refractivity contribution < 1.29 is 22.8 Å². The maximum Gasteiger partial charge on any atom is 0.471 e. The molecule has 0 bridgehead atoms. The van der Waals surface area contributed by atoms with Crippen molar-refractivity contribution in [3.8, 4) is 0 Å². The standard InChI is InChI=1S/C13H11ClF3NO2/c14-7-11(19)9-3-4-10-8(6-9)2-1-5-18(10)12(20)13(15,16)17/h3-4,6H,1-2,5,7H2. The summed E-state index contributed by atoms with van der Waals surface area (Å²) in [5.74, 6) is -2.37. The molecule has 2 rings (SSSR count). The van der Waals surface area contributed by atoms with Crippen LogP contribution in [0.3, 0.4) is 0 Å². The summed E-state index contributed by atoms with van der Waals surface area (Å²) >= 11 is 5.45. The number of anilines is 1. The number of nitrogens with zero attached hydrogens (tertiary/aromatic N) is 1. The number of carbonyl (C=O) groups excluding carboxylic acids is 2. The summed E-state index contributed by atoms with van der Waals surface area (Å²) < 4.78 is 37.6. The van der Waals surface area contributed by atoms with Crippen molar-refractivity contribution in [1.29, 1.82) is 0 Å².